The van der Waals surface area contributed by atoms with Gasteiger partial charge in [0.2, 0.25) is 0 Å². The van der Waals surface area contributed by atoms with Crippen LogP contribution in [0.5, 0.6) is 0 Å². The molecule has 2 atom stereocenters. The van der Waals surface area contributed by atoms with Crippen molar-refractivity contribution >= 4 is 12.0 Å². The second kappa shape index (κ2) is 6.61. The van der Waals surface area contributed by atoms with Gasteiger partial charge in [0, 0.05) is 12.6 Å². The summed E-state index contributed by atoms with van der Waals surface area (Å²) < 4.78 is 0. The Hall–Kier alpha value is -1.26. The Labute approximate surface area is 108 Å². The van der Waals surface area contributed by atoms with Crippen LogP contribution in [0.25, 0.3) is 0 Å². The lowest BCUT2D eigenvalue weighted by Gasteiger charge is -2.38. The molecule has 3 N–H and O–H groups in total. The van der Waals surface area contributed by atoms with Crippen LogP contribution in [0.15, 0.2) is 0 Å². The van der Waals surface area contributed by atoms with Crippen LogP contribution >= 0.6 is 0 Å². The summed E-state index contributed by atoms with van der Waals surface area (Å²) >= 11 is 0. The number of rotatable bonds is 5. The predicted molar refractivity (Wildman–Crippen MR) is 69.4 cm³/mol. The Balaban J connectivity index is 2.52. The quantitative estimate of drug-likeness (QED) is 0.659. The maximum atomic E-state index is 11.7. The van der Waals surface area contributed by atoms with Crippen LogP contribution in [0.2, 0.25) is 0 Å². The van der Waals surface area contributed by atoms with Gasteiger partial charge in [0.05, 0.1) is 5.41 Å². The zero-order chi connectivity index (χ0) is 13.6. The second-order valence-electron chi connectivity index (χ2n) is 5.27. The van der Waals surface area contributed by atoms with Crippen LogP contribution in [0.4, 0.5) is 4.79 Å². The van der Waals surface area contributed by atoms with Crippen LogP contribution in [-0.2, 0) is 4.79 Å². The first-order chi connectivity index (χ1) is 8.50. The van der Waals surface area contributed by atoms with Crippen LogP contribution in [0, 0.1) is 5.41 Å². The summed E-state index contributed by atoms with van der Waals surface area (Å²) in [6.45, 7) is 4.42. The molecule has 5 nitrogen and oxygen atoms in total. The summed E-state index contributed by atoms with van der Waals surface area (Å²) in [6.07, 6.45) is 5.22. The Kier molecular flexibility index (Phi) is 5.44. The number of carboxylic acid groups (broad SMARTS) is 1. The van der Waals surface area contributed by atoms with Gasteiger partial charge in [-0.05, 0) is 26.2 Å². The van der Waals surface area contributed by atoms with Crippen molar-refractivity contribution in [1.82, 2.24) is 10.6 Å². The number of carboxylic acids is 1. The minimum absolute atomic E-state index is 0.247. The van der Waals surface area contributed by atoms with Gasteiger partial charge in [-0.2, -0.15) is 0 Å². The predicted octanol–water partition coefficient (Wildman–Crippen LogP) is 2.12. The van der Waals surface area contributed by atoms with Crippen molar-refractivity contribution < 1.29 is 14.7 Å². The number of unbranched alkanes of at least 4 members (excludes halogenated alkanes) is 1. The van der Waals surface area contributed by atoms with E-state index in [0.29, 0.717) is 13.0 Å². The third-order valence-electron chi connectivity index (χ3n) is 3.82. The Bertz CT molecular complexity index is 307. The lowest BCUT2D eigenvalue weighted by molar-refractivity contribution is -0.151. The SMILES string of the molecule is CCCCNC(=O)NC1CCCCC1(C)C(=O)O. The highest BCUT2D eigenvalue weighted by Crippen LogP contribution is 2.36. The first-order valence-corrected chi connectivity index (χ1v) is 6.78. The summed E-state index contributed by atoms with van der Waals surface area (Å²) in [5.74, 6) is -0.818. The fourth-order valence-corrected chi connectivity index (χ4v) is 2.41. The zero-order valence-electron chi connectivity index (χ0n) is 11.3. The minimum Gasteiger partial charge on any atom is -0.481 e. The lowest BCUT2D eigenvalue weighted by atomic mass is 9.72. The first kappa shape index (κ1) is 14.8. The standard InChI is InChI=1S/C13H24N2O3/c1-3-4-9-14-12(18)15-10-7-5-6-8-13(10,2)11(16)17/h10H,3-9H2,1-2H3,(H,16,17)(H2,14,15,18). The number of nitrogens with one attached hydrogen (secondary N) is 2. The van der Waals surface area contributed by atoms with E-state index in [0.717, 1.165) is 32.1 Å². The van der Waals surface area contributed by atoms with Gasteiger partial charge in [0.25, 0.3) is 0 Å². The lowest BCUT2D eigenvalue weighted by Crippen LogP contribution is -2.54. The molecule has 0 bridgehead atoms. The Morgan fingerprint density at radius 3 is 2.72 bits per heavy atom. The van der Waals surface area contributed by atoms with Crippen molar-refractivity contribution in [2.24, 2.45) is 5.41 Å². The van der Waals surface area contributed by atoms with E-state index < -0.39 is 11.4 Å². The number of hydrogen-bond acceptors (Lipinski definition) is 2. The fourth-order valence-electron chi connectivity index (χ4n) is 2.41. The first-order valence-electron chi connectivity index (χ1n) is 6.78. The maximum absolute atomic E-state index is 11.7. The maximum Gasteiger partial charge on any atom is 0.315 e. The Morgan fingerprint density at radius 1 is 1.39 bits per heavy atom. The number of amides is 2. The van der Waals surface area contributed by atoms with Gasteiger partial charge >= 0.3 is 12.0 Å². The molecule has 0 spiro atoms. The molecular weight excluding hydrogens is 232 g/mol. The second-order valence-corrected chi connectivity index (χ2v) is 5.27. The normalized spacial score (nSPS) is 27.6. The number of hydrogen-bond donors (Lipinski definition) is 3. The van der Waals surface area contributed by atoms with Crippen LogP contribution in [0.3, 0.4) is 0 Å². The summed E-state index contributed by atoms with van der Waals surface area (Å²) in [6, 6.07) is -0.520. The van der Waals surface area contributed by atoms with Gasteiger partial charge in [-0.3, -0.25) is 4.79 Å². The molecule has 0 aromatic heterocycles. The molecule has 1 saturated carbocycles. The van der Waals surface area contributed by atoms with Crippen molar-refractivity contribution in [3.63, 3.8) is 0 Å². The molecular formula is C13H24N2O3. The van der Waals surface area contributed by atoms with Gasteiger partial charge in [-0.1, -0.05) is 26.2 Å². The number of aliphatic carboxylic acids is 1. The third-order valence-corrected chi connectivity index (χ3v) is 3.82. The molecule has 2 unspecified atom stereocenters. The molecule has 1 rings (SSSR count). The molecule has 1 aliphatic rings. The van der Waals surface area contributed by atoms with E-state index in [1.807, 2.05) is 0 Å². The van der Waals surface area contributed by atoms with Crippen LogP contribution in [0.1, 0.15) is 52.4 Å². The van der Waals surface area contributed by atoms with Crippen molar-refractivity contribution in [3.05, 3.63) is 0 Å². The molecule has 1 aliphatic carbocycles. The summed E-state index contributed by atoms with van der Waals surface area (Å²) in [7, 11) is 0. The van der Waals surface area contributed by atoms with E-state index in [-0.39, 0.29) is 12.1 Å². The van der Waals surface area contributed by atoms with E-state index >= 15 is 0 Å². The molecule has 0 saturated heterocycles. The summed E-state index contributed by atoms with van der Waals surface area (Å²) in [5.41, 5.74) is -0.833. The Morgan fingerprint density at radius 2 is 2.11 bits per heavy atom. The van der Waals surface area contributed by atoms with E-state index in [1.54, 1.807) is 6.92 Å². The fraction of sp³-hybridized carbons (Fsp3) is 0.846. The zero-order valence-corrected chi connectivity index (χ0v) is 11.3. The number of carbonyl (C=O) groups is 2. The van der Waals surface area contributed by atoms with Crippen molar-refractivity contribution in [2.45, 2.75) is 58.4 Å². The molecule has 0 aliphatic heterocycles. The van der Waals surface area contributed by atoms with E-state index in [9.17, 15) is 14.7 Å². The molecule has 0 aromatic carbocycles. The highest BCUT2D eigenvalue weighted by Gasteiger charge is 2.43. The van der Waals surface area contributed by atoms with Crippen LogP contribution in [-0.4, -0.2) is 29.7 Å². The summed E-state index contributed by atoms with van der Waals surface area (Å²) in [4.78, 5) is 23.0. The topological polar surface area (TPSA) is 78.4 Å². The van der Waals surface area contributed by atoms with Gasteiger partial charge in [0.1, 0.15) is 0 Å². The molecule has 0 heterocycles. The van der Waals surface area contributed by atoms with Crippen molar-refractivity contribution in [3.8, 4) is 0 Å². The van der Waals surface area contributed by atoms with Crippen molar-refractivity contribution in [2.75, 3.05) is 6.54 Å². The van der Waals surface area contributed by atoms with Crippen LogP contribution < -0.4 is 10.6 Å². The van der Waals surface area contributed by atoms with Gasteiger partial charge < -0.3 is 15.7 Å². The monoisotopic (exact) mass is 256 g/mol. The minimum atomic E-state index is -0.833. The number of urea groups is 1. The third kappa shape index (κ3) is 3.62. The van der Waals surface area contributed by atoms with Gasteiger partial charge in [-0.15, -0.1) is 0 Å². The van der Waals surface area contributed by atoms with Gasteiger partial charge in [0.15, 0.2) is 0 Å². The number of carbonyl (C=O) groups excluding carboxylic acids is 1. The van der Waals surface area contributed by atoms with E-state index in [1.165, 1.54) is 0 Å². The average molecular weight is 256 g/mol. The van der Waals surface area contributed by atoms with E-state index in [2.05, 4.69) is 17.6 Å². The smallest absolute Gasteiger partial charge is 0.315 e. The molecule has 2 amide bonds. The largest absolute Gasteiger partial charge is 0.481 e. The average Bonchev–Trinajstić information content (AvgIpc) is 2.32. The van der Waals surface area contributed by atoms with E-state index in [4.69, 9.17) is 0 Å². The molecule has 5 heteroatoms. The van der Waals surface area contributed by atoms with Crippen molar-refractivity contribution in [1.29, 1.82) is 0 Å². The molecule has 104 valence electrons. The molecule has 0 aromatic rings. The molecule has 0 radical (unpaired) electrons. The van der Waals surface area contributed by atoms with Gasteiger partial charge in [-0.25, -0.2) is 4.79 Å². The molecule has 18 heavy (non-hydrogen) atoms. The highest BCUT2D eigenvalue weighted by atomic mass is 16.4. The molecule has 1 fully saturated rings. The highest BCUT2D eigenvalue weighted by molar-refractivity contribution is 5.79. The summed E-state index contributed by atoms with van der Waals surface area (Å²) in [5, 5.41) is 14.9.